The Labute approximate surface area is 201 Å². The molecule has 3 heterocycles. The van der Waals surface area contributed by atoms with Crippen LogP contribution in [0.4, 0.5) is 17.3 Å². The van der Waals surface area contributed by atoms with E-state index in [1.807, 2.05) is 71.6 Å². The summed E-state index contributed by atoms with van der Waals surface area (Å²) in [5.74, 6) is 0.850. The summed E-state index contributed by atoms with van der Waals surface area (Å²) in [5, 5.41) is 6.29. The second kappa shape index (κ2) is 8.76. The number of amides is 1. The first kappa shape index (κ1) is 20.6. The van der Waals surface area contributed by atoms with Crippen molar-refractivity contribution in [2.75, 3.05) is 10.2 Å². The van der Waals surface area contributed by atoms with E-state index in [0.29, 0.717) is 18.9 Å². The lowest BCUT2D eigenvalue weighted by Crippen LogP contribution is -2.29. The molecule has 0 fully saturated rings. The molecule has 167 valence electrons. The first-order valence-corrected chi connectivity index (χ1v) is 12.1. The molecule has 1 amide bonds. The van der Waals surface area contributed by atoms with Crippen molar-refractivity contribution in [3.8, 4) is 11.3 Å². The Bertz CT molecular complexity index is 1440. The SMILES string of the molecule is O=C1CC[CH]c2ccccc2N1Cc1nc(-c2ccc(Nc3nc4ccccc4[nH]3)cc2)cs1. The van der Waals surface area contributed by atoms with Crippen LogP contribution >= 0.6 is 11.3 Å². The van der Waals surface area contributed by atoms with Crippen LogP contribution < -0.4 is 10.2 Å². The number of carbonyl (C=O) groups is 1. The molecule has 7 heteroatoms. The monoisotopic (exact) mass is 464 g/mol. The average molecular weight is 465 g/mol. The Kier molecular flexibility index (Phi) is 5.31. The van der Waals surface area contributed by atoms with Crippen molar-refractivity contribution in [1.82, 2.24) is 15.0 Å². The van der Waals surface area contributed by atoms with Crippen molar-refractivity contribution in [2.45, 2.75) is 19.4 Å². The Morgan fingerprint density at radius 3 is 2.68 bits per heavy atom. The lowest BCUT2D eigenvalue weighted by Gasteiger charge is -2.21. The van der Waals surface area contributed by atoms with Gasteiger partial charge in [0.25, 0.3) is 0 Å². The molecule has 2 aromatic heterocycles. The number of thiazole rings is 1. The first-order chi connectivity index (χ1) is 16.7. The molecule has 0 saturated heterocycles. The Balaban J connectivity index is 1.18. The van der Waals surface area contributed by atoms with Crippen molar-refractivity contribution >= 4 is 45.6 Å². The first-order valence-electron chi connectivity index (χ1n) is 11.2. The minimum atomic E-state index is 0.138. The molecule has 6 nitrogen and oxygen atoms in total. The number of nitrogens with zero attached hydrogens (tertiary/aromatic N) is 3. The van der Waals surface area contributed by atoms with E-state index in [9.17, 15) is 4.79 Å². The van der Waals surface area contributed by atoms with E-state index in [1.54, 1.807) is 11.3 Å². The quantitative estimate of drug-likeness (QED) is 0.320. The minimum absolute atomic E-state index is 0.138. The molecular formula is C27H22N5OS. The summed E-state index contributed by atoms with van der Waals surface area (Å²) in [7, 11) is 0. The minimum Gasteiger partial charge on any atom is -0.326 e. The van der Waals surface area contributed by atoms with Gasteiger partial charge in [-0.05, 0) is 48.7 Å². The molecule has 2 N–H and O–H groups in total. The van der Waals surface area contributed by atoms with Gasteiger partial charge in [-0.2, -0.15) is 0 Å². The number of carbonyl (C=O) groups excluding carboxylic acids is 1. The summed E-state index contributed by atoms with van der Waals surface area (Å²) in [6, 6.07) is 24.2. The normalized spacial score (nSPS) is 13.6. The molecular weight excluding hydrogens is 442 g/mol. The van der Waals surface area contributed by atoms with Crippen LogP contribution in [0.1, 0.15) is 23.4 Å². The third-order valence-electron chi connectivity index (χ3n) is 5.93. The van der Waals surface area contributed by atoms with E-state index < -0.39 is 0 Å². The standard InChI is InChI=1S/C27H22N5OS/c33-26-11-5-7-19-6-1-4-10-24(19)32(26)16-25-29-23(17-34-25)18-12-14-20(15-13-18)28-27-30-21-8-2-3-9-22(21)31-27/h1-4,6-10,12-15,17H,5,11,16H2,(H2,28,30,31). The van der Waals surface area contributed by atoms with Crippen LogP contribution in [0.2, 0.25) is 0 Å². The predicted molar refractivity (Wildman–Crippen MR) is 137 cm³/mol. The number of para-hydroxylation sites is 3. The molecule has 3 aromatic carbocycles. The van der Waals surface area contributed by atoms with Crippen molar-refractivity contribution in [3.63, 3.8) is 0 Å². The fourth-order valence-corrected chi connectivity index (χ4v) is 5.02. The maximum absolute atomic E-state index is 12.8. The molecule has 0 unspecified atom stereocenters. The van der Waals surface area contributed by atoms with Crippen LogP contribution in [0.3, 0.4) is 0 Å². The molecule has 0 aliphatic carbocycles. The summed E-state index contributed by atoms with van der Waals surface area (Å²) in [5.41, 5.74) is 6.90. The Hall–Kier alpha value is -3.97. The van der Waals surface area contributed by atoms with Crippen LogP contribution in [-0.4, -0.2) is 20.9 Å². The number of fused-ring (bicyclic) bond motifs is 2. The highest BCUT2D eigenvalue weighted by molar-refractivity contribution is 7.10. The molecule has 1 aliphatic rings. The zero-order valence-electron chi connectivity index (χ0n) is 18.4. The molecule has 5 aromatic rings. The van der Waals surface area contributed by atoms with Crippen molar-refractivity contribution in [1.29, 1.82) is 0 Å². The number of anilines is 3. The van der Waals surface area contributed by atoms with Crippen molar-refractivity contribution in [3.05, 3.63) is 95.2 Å². The topological polar surface area (TPSA) is 73.9 Å². The molecule has 1 aliphatic heterocycles. The summed E-state index contributed by atoms with van der Waals surface area (Å²) in [4.78, 5) is 27.3. The van der Waals surface area contributed by atoms with Crippen LogP contribution in [0.25, 0.3) is 22.3 Å². The maximum atomic E-state index is 12.8. The third-order valence-corrected chi connectivity index (χ3v) is 6.76. The van der Waals surface area contributed by atoms with Gasteiger partial charge in [0.05, 0.1) is 23.3 Å². The highest BCUT2D eigenvalue weighted by atomic mass is 32.1. The van der Waals surface area contributed by atoms with Gasteiger partial charge in [0.1, 0.15) is 5.01 Å². The lowest BCUT2D eigenvalue weighted by molar-refractivity contribution is -0.118. The van der Waals surface area contributed by atoms with Gasteiger partial charge < -0.3 is 15.2 Å². The van der Waals surface area contributed by atoms with E-state index in [2.05, 4.69) is 33.2 Å². The number of H-pyrrole nitrogens is 1. The largest absolute Gasteiger partial charge is 0.326 e. The van der Waals surface area contributed by atoms with Gasteiger partial charge in [-0.25, -0.2) is 9.97 Å². The molecule has 0 spiro atoms. The molecule has 6 rings (SSSR count). The fourth-order valence-electron chi connectivity index (χ4n) is 4.22. The van der Waals surface area contributed by atoms with E-state index >= 15 is 0 Å². The number of hydrogen-bond donors (Lipinski definition) is 2. The van der Waals surface area contributed by atoms with Gasteiger partial charge in [-0.15, -0.1) is 11.3 Å². The molecule has 34 heavy (non-hydrogen) atoms. The van der Waals surface area contributed by atoms with E-state index in [4.69, 9.17) is 4.98 Å². The number of hydrogen-bond acceptors (Lipinski definition) is 5. The van der Waals surface area contributed by atoms with Crippen LogP contribution in [0.5, 0.6) is 0 Å². The lowest BCUT2D eigenvalue weighted by atomic mass is 10.1. The molecule has 0 bridgehead atoms. The zero-order valence-corrected chi connectivity index (χ0v) is 19.2. The van der Waals surface area contributed by atoms with Gasteiger partial charge in [0.2, 0.25) is 11.9 Å². The van der Waals surface area contributed by atoms with Crippen LogP contribution in [0, 0.1) is 6.42 Å². The van der Waals surface area contributed by atoms with Gasteiger partial charge in [0, 0.05) is 28.7 Å². The molecule has 0 saturated carbocycles. The Morgan fingerprint density at radius 2 is 1.79 bits per heavy atom. The van der Waals surface area contributed by atoms with E-state index in [-0.39, 0.29) is 5.91 Å². The molecule has 1 radical (unpaired) electrons. The maximum Gasteiger partial charge on any atom is 0.227 e. The summed E-state index contributed by atoms with van der Waals surface area (Å²) in [6.45, 7) is 0.486. The number of benzene rings is 3. The second-order valence-electron chi connectivity index (χ2n) is 8.21. The number of aromatic amines is 1. The van der Waals surface area contributed by atoms with Gasteiger partial charge in [-0.3, -0.25) is 4.79 Å². The third kappa shape index (κ3) is 4.06. The van der Waals surface area contributed by atoms with Gasteiger partial charge >= 0.3 is 0 Å². The van der Waals surface area contributed by atoms with Crippen LogP contribution in [0.15, 0.2) is 78.2 Å². The number of aromatic nitrogens is 3. The highest BCUT2D eigenvalue weighted by Crippen LogP contribution is 2.31. The summed E-state index contributed by atoms with van der Waals surface area (Å²) in [6.07, 6.45) is 3.43. The average Bonchev–Trinajstić information content (AvgIpc) is 3.46. The summed E-state index contributed by atoms with van der Waals surface area (Å²) >= 11 is 1.58. The highest BCUT2D eigenvalue weighted by Gasteiger charge is 2.23. The zero-order chi connectivity index (χ0) is 22.9. The Morgan fingerprint density at radius 1 is 0.971 bits per heavy atom. The molecule has 0 atom stereocenters. The number of imidazole rings is 1. The van der Waals surface area contributed by atoms with E-state index in [1.165, 1.54) is 0 Å². The smallest absolute Gasteiger partial charge is 0.227 e. The van der Waals surface area contributed by atoms with Gasteiger partial charge in [0.15, 0.2) is 0 Å². The van der Waals surface area contributed by atoms with Gasteiger partial charge in [-0.1, -0.05) is 42.5 Å². The van der Waals surface area contributed by atoms with Crippen molar-refractivity contribution < 1.29 is 4.79 Å². The second-order valence-corrected chi connectivity index (χ2v) is 9.16. The fraction of sp³-hybridized carbons (Fsp3) is 0.111. The van der Waals surface area contributed by atoms with Crippen molar-refractivity contribution in [2.24, 2.45) is 0 Å². The summed E-state index contributed by atoms with van der Waals surface area (Å²) < 4.78 is 0. The number of nitrogens with one attached hydrogen (secondary N) is 2. The predicted octanol–water partition coefficient (Wildman–Crippen LogP) is 6.31. The van der Waals surface area contributed by atoms with E-state index in [0.717, 1.165) is 50.7 Å². The van der Waals surface area contributed by atoms with Crippen LogP contribution in [-0.2, 0) is 11.3 Å². The number of rotatable bonds is 5.